The minimum Gasteiger partial charge on any atom is -0.355 e. The van der Waals surface area contributed by atoms with Gasteiger partial charge in [0.15, 0.2) is 0 Å². The third-order valence-corrected chi connectivity index (χ3v) is 8.72. The molecule has 9 rings (SSSR count). The molecule has 0 atom stereocenters. The van der Waals surface area contributed by atoms with Crippen LogP contribution in [0.3, 0.4) is 0 Å². The molecule has 0 bridgehead atoms. The van der Waals surface area contributed by atoms with Crippen LogP contribution in [0.1, 0.15) is 0 Å². The number of pyridine rings is 1. The summed E-state index contributed by atoms with van der Waals surface area (Å²) in [6, 6.07) is 56.2. The molecule has 3 heteroatoms. The molecule has 0 saturated heterocycles. The Morgan fingerprint density at radius 2 is 0.932 bits per heavy atom. The summed E-state index contributed by atoms with van der Waals surface area (Å²) in [5, 5.41) is 4.97. The molecule has 0 aliphatic rings. The molecular weight excluding hydrogens is 534 g/mol. The van der Waals surface area contributed by atoms with Crippen LogP contribution in [-0.2, 0) is 0 Å². The van der Waals surface area contributed by atoms with Gasteiger partial charge in [0.1, 0.15) is 0 Å². The number of nitrogens with one attached hydrogen (secondary N) is 1. The van der Waals surface area contributed by atoms with E-state index in [4.69, 9.17) is 4.98 Å². The van der Waals surface area contributed by atoms with Gasteiger partial charge in [0.2, 0.25) is 0 Å². The Kier molecular flexibility index (Phi) is 5.50. The number of hydrogen-bond acceptors (Lipinski definition) is 1. The van der Waals surface area contributed by atoms with Gasteiger partial charge < -0.3 is 9.55 Å². The lowest BCUT2D eigenvalue weighted by Gasteiger charge is -2.13. The smallest absolute Gasteiger partial charge is 0.0730 e. The molecule has 6 aromatic carbocycles. The lowest BCUT2D eigenvalue weighted by atomic mass is 10.0. The van der Waals surface area contributed by atoms with Crippen LogP contribution in [0.25, 0.3) is 82.9 Å². The van der Waals surface area contributed by atoms with E-state index in [1.54, 1.807) is 0 Å². The first-order valence-electron chi connectivity index (χ1n) is 15.0. The molecule has 0 unspecified atom stereocenters. The van der Waals surface area contributed by atoms with Crippen molar-refractivity contribution < 1.29 is 0 Å². The summed E-state index contributed by atoms with van der Waals surface area (Å²) in [6.07, 6.45) is 0. The molecule has 0 saturated carbocycles. The van der Waals surface area contributed by atoms with Crippen LogP contribution in [0.2, 0.25) is 0 Å². The monoisotopic (exact) mass is 561 g/mol. The summed E-state index contributed by atoms with van der Waals surface area (Å²) < 4.78 is 2.39. The Labute approximate surface area is 254 Å². The van der Waals surface area contributed by atoms with Gasteiger partial charge in [0, 0.05) is 43.7 Å². The van der Waals surface area contributed by atoms with Gasteiger partial charge in [0.25, 0.3) is 0 Å². The second-order valence-corrected chi connectivity index (χ2v) is 11.3. The van der Waals surface area contributed by atoms with Crippen LogP contribution < -0.4 is 0 Å². The van der Waals surface area contributed by atoms with Gasteiger partial charge in [-0.2, -0.15) is 0 Å². The van der Waals surface area contributed by atoms with E-state index in [1.165, 1.54) is 49.2 Å². The Bertz CT molecular complexity index is 2430. The molecule has 44 heavy (non-hydrogen) atoms. The number of H-pyrrole nitrogens is 1. The van der Waals surface area contributed by atoms with E-state index in [0.717, 1.165) is 33.7 Å². The Morgan fingerprint density at radius 3 is 1.66 bits per heavy atom. The first-order chi connectivity index (χ1) is 21.8. The number of hydrogen-bond donors (Lipinski definition) is 1. The highest BCUT2D eigenvalue weighted by molar-refractivity contribution is 6.12. The molecule has 3 aromatic heterocycles. The van der Waals surface area contributed by atoms with Gasteiger partial charge in [-0.05, 0) is 59.7 Å². The number of para-hydroxylation sites is 2. The van der Waals surface area contributed by atoms with Crippen LogP contribution in [0.4, 0.5) is 0 Å². The van der Waals surface area contributed by atoms with Crippen molar-refractivity contribution in [2.75, 3.05) is 0 Å². The molecule has 0 aliphatic carbocycles. The maximum atomic E-state index is 5.12. The zero-order chi connectivity index (χ0) is 29.0. The Morgan fingerprint density at radius 1 is 0.386 bits per heavy atom. The van der Waals surface area contributed by atoms with Crippen molar-refractivity contribution in [3.05, 3.63) is 158 Å². The highest BCUT2D eigenvalue weighted by Gasteiger charge is 2.16. The van der Waals surface area contributed by atoms with Gasteiger partial charge >= 0.3 is 0 Å². The summed E-state index contributed by atoms with van der Waals surface area (Å²) >= 11 is 0. The van der Waals surface area contributed by atoms with Crippen molar-refractivity contribution in [1.82, 2.24) is 14.5 Å². The lowest BCUT2D eigenvalue weighted by Crippen LogP contribution is -1.98. The number of aromatic amines is 1. The molecule has 0 amide bonds. The molecule has 0 fully saturated rings. The summed E-state index contributed by atoms with van der Waals surface area (Å²) in [5.41, 5.74) is 12.3. The van der Waals surface area contributed by atoms with E-state index in [-0.39, 0.29) is 0 Å². The van der Waals surface area contributed by atoms with E-state index < -0.39 is 0 Å². The molecule has 0 spiro atoms. The van der Waals surface area contributed by atoms with Crippen molar-refractivity contribution in [2.45, 2.75) is 0 Å². The van der Waals surface area contributed by atoms with Gasteiger partial charge in [0.05, 0.1) is 28.1 Å². The summed E-state index contributed by atoms with van der Waals surface area (Å²) in [6.45, 7) is 0. The van der Waals surface area contributed by atoms with Crippen LogP contribution in [0, 0.1) is 0 Å². The largest absolute Gasteiger partial charge is 0.355 e. The molecule has 0 radical (unpaired) electrons. The van der Waals surface area contributed by atoms with E-state index >= 15 is 0 Å². The second kappa shape index (κ2) is 9.82. The first kappa shape index (κ1) is 24.6. The minimum absolute atomic E-state index is 0.955. The normalized spacial score (nSPS) is 11.6. The number of rotatable bonds is 4. The standard InChI is InChI=1S/C41H27N3/c1-3-11-27(12-4-1)38-25-31(26-39(43-38)28-13-5-2-6-14-28)44-40-18-10-8-16-33(40)35-24-30(20-22-41(35)44)29-19-21-37-34(23-29)32-15-7-9-17-36(32)42-37/h1-26,42H. The number of fused-ring (bicyclic) bond motifs is 6. The zero-order valence-corrected chi connectivity index (χ0v) is 23.9. The van der Waals surface area contributed by atoms with Gasteiger partial charge in [-0.15, -0.1) is 0 Å². The fourth-order valence-electron chi connectivity index (χ4n) is 6.62. The SMILES string of the molecule is c1ccc(-c2cc(-n3c4ccccc4c4cc(-c5ccc6[nH]c7ccccc7c6c5)ccc43)cc(-c3ccccc3)n2)cc1. The summed E-state index contributed by atoms with van der Waals surface area (Å²) in [5.74, 6) is 0. The average Bonchev–Trinajstić information content (AvgIpc) is 3.64. The zero-order valence-electron chi connectivity index (χ0n) is 23.9. The van der Waals surface area contributed by atoms with Gasteiger partial charge in [-0.3, -0.25) is 0 Å². The maximum absolute atomic E-state index is 5.12. The third-order valence-electron chi connectivity index (χ3n) is 8.72. The van der Waals surface area contributed by atoms with Gasteiger partial charge in [-0.1, -0.05) is 109 Å². The molecule has 9 aromatic rings. The van der Waals surface area contributed by atoms with E-state index in [1.807, 2.05) is 12.1 Å². The van der Waals surface area contributed by atoms with Crippen LogP contribution in [0.15, 0.2) is 158 Å². The Hall–Kier alpha value is -5.93. The predicted octanol–water partition coefficient (Wildman–Crippen LogP) is 10.8. The quantitative estimate of drug-likeness (QED) is 0.228. The average molecular weight is 562 g/mol. The number of nitrogens with zero attached hydrogens (tertiary/aromatic N) is 2. The molecule has 3 heterocycles. The fourth-order valence-corrected chi connectivity index (χ4v) is 6.62. The van der Waals surface area contributed by atoms with E-state index in [2.05, 4.69) is 155 Å². The highest BCUT2D eigenvalue weighted by atomic mass is 15.0. The summed E-state index contributed by atoms with van der Waals surface area (Å²) in [7, 11) is 0. The van der Waals surface area contributed by atoms with E-state index in [0.29, 0.717) is 0 Å². The van der Waals surface area contributed by atoms with Crippen molar-refractivity contribution in [2.24, 2.45) is 0 Å². The molecule has 3 nitrogen and oxygen atoms in total. The molecule has 0 aliphatic heterocycles. The minimum atomic E-state index is 0.955. The molecule has 206 valence electrons. The third kappa shape index (κ3) is 3.94. The molecule has 1 N–H and O–H groups in total. The Balaban J connectivity index is 1.27. The lowest BCUT2D eigenvalue weighted by molar-refractivity contribution is 1.16. The second-order valence-electron chi connectivity index (χ2n) is 11.3. The topological polar surface area (TPSA) is 33.6 Å². The van der Waals surface area contributed by atoms with Crippen molar-refractivity contribution >= 4 is 43.6 Å². The maximum Gasteiger partial charge on any atom is 0.0730 e. The first-order valence-corrected chi connectivity index (χ1v) is 15.0. The van der Waals surface area contributed by atoms with Crippen LogP contribution in [0.5, 0.6) is 0 Å². The molecular formula is C41H27N3. The fraction of sp³-hybridized carbons (Fsp3) is 0. The van der Waals surface area contributed by atoms with Crippen molar-refractivity contribution in [3.63, 3.8) is 0 Å². The van der Waals surface area contributed by atoms with Crippen LogP contribution >= 0.6 is 0 Å². The predicted molar refractivity (Wildman–Crippen MR) is 184 cm³/mol. The summed E-state index contributed by atoms with van der Waals surface area (Å²) in [4.78, 5) is 8.68. The van der Waals surface area contributed by atoms with Crippen molar-refractivity contribution in [3.8, 4) is 39.3 Å². The van der Waals surface area contributed by atoms with E-state index in [9.17, 15) is 0 Å². The number of aromatic nitrogens is 3. The van der Waals surface area contributed by atoms with Crippen molar-refractivity contribution in [1.29, 1.82) is 0 Å². The van der Waals surface area contributed by atoms with Gasteiger partial charge in [-0.25, -0.2) is 4.98 Å². The highest BCUT2D eigenvalue weighted by Crippen LogP contribution is 2.38. The number of benzene rings is 6. The van der Waals surface area contributed by atoms with Crippen LogP contribution in [-0.4, -0.2) is 14.5 Å².